The highest BCUT2D eigenvalue weighted by Crippen LogP contribution is 2.18. The first kappa shape index (κ1) is 12.6. The van der Waals surface area contributed by atoms with Gasteiger partial charge in [-0.2, -0.15) is 0 Å². The van der Waals surface area contributed by atoms with Crippen molar-refractivity contribution in [3.63, 3.8) is 0 Å². The number of nitrogens with two attached hydrogens (primary N) is 1. The molecule has 0 aliphatic heterocycles. The molecule has 0 unspecified atom stereocenters. The average Bonchev–Trinajstić information content (AvgIpc) is 2.45. The van der Waals surface area contributed by atoms with E-state index in [9.17, 15) is 9.70 Å². The molecular weight excluding hydrogens is 242 g/mol. The SMILES string of the molecule is NC(=O)c1ccccc1/N=C/c1cccc(N=O)c1. The molecule has 19 heavy (non-hydrogen) atoms. The van der Waals surface area contributed by atoms with Gasteiger partial charge in [0, 0.05) is 6.21 Å². The van der Waals surface area contributed by atoms with E-state index in [1.165, 1.54) is 0 Å². The van der Waals surface area contributed by atoms with Gasteiger partial charge in [-0.25, -0.2) is 0 Å². The highest BCUT2D eigenvalue weighted by molar-refractivity contribution is 5.98. The van der Waals surface area contributed by atoms with Gasteiger partial charge in [0.2, 0.25) is 0 Å². The number of carbonyl (C=O) groups excluding carboxylic acids is 1. The second kappa shape index (κ2) is 5.68. The molecular formula is C14H11N3O2. The van der Waals surface area contributed by atoms with Crippen LogP contribution in [0.25, 0.3) is 0 Å². The summed E-state index contributed by atoms with van der Waals surface area (Å²) in [5.41, 5.74) is 7.14. The number of benzene rings is 2. The Morgan fingerprint density at radius 3 is 2.63 bits per heavy atom. The molecule has 5 nitrogen and oxygen atoms in total. The molecule has 0 aliphatic carbocycles. The third kappa shape index (κ3) is 3.10. The Bertz CT molecular complexity index is 651. The van der Waals surface area contributed by atoms with Crippen molar-refractivity contribution in [1.82, 2.24) is 0 Å². The first-order valence-corrected chi connectivity index (χ1v) is 5.57. The van der Waals surface area contributed by atoms with Gasteiger partial charge in [-0.3, -0.25) is 9.79 Å². The molecule has 0 aromatic heterocycles. The van der Waals surface area contributed by atoms with Gasteiger partial charge in [0.05, 0.1) is 11.3 Å². The lowest BCUT2D eigenvalue weighted by molar-refractivity contribution is 0.100. The molecule has 0 heterocycles. The molecule has 0 atom stereocenters. The second-order valence-corrected chi connectivity index (χ2v) is 3.83. The molecule has 2 aromatic carbocycles. The van der Waals surface area contributed by atoms with Crippen molar-refractivity contribution < 1.29 is 4.79 Å². The maximum absolute atomic E-state index is 11.2. The monoisotopic (exact) mass is 253 g/mol. The van der Waals surface area contributed by atoms with Crippen LogP contribution in [-0.2, 0) is 0 Å². The molecule has 0 radical (unpaired) electrons. The average molecular weight is 253 g/mol. The van der Waals surface area contributed by atoms with E-state index >= 15 is 0 Å². The Kier molecular flexibility index (Phi) is 3.78. The maximum atomic E-state index is 11.2. The zero-order valence-electron chi connectivity index (χ0n) is 9.98. The smallest absolute Gasteiger partial charge is 0.250 e. The van der Waals surface area contributed by atoms with Crippen LogP contribution < -0.4 is 5.73 Å². The van der Waals surface area contributed by atoms with Gasteiger partial charge in [0.1, 0.15) is 5.69 Å². The maximum Gasteiger partial charge on any atom is 0.250 e. The van der Waals surface area contributed by atoms with Crippen LogP contribution in [0.15, 0.2) is 58.7 Å². The number of hydrogen-bond acceptors (Lipinski definition) is 4. The number of amides is 1. The van der Waals surface area contributed by atoms with Crippen LogP contribution >= 0.6 is 0 Å². The summed E-state index contributed by atoms with van der Waals surface area (Å²) in [7, 11) is 0. The fourth-order valence-corrected chi connectivity index (χ4v) is 1.60. The summed E-state index contributed by atoms with van der Waals surface area (Å²) in [6.45, 7) is 0. The van der Waals surface area contributed by atoms with E-state index in [0.717, 1.165) is 5.56 Å². The van der Waals surface area contributed by atoms with Crippen LogP contribution in [0.4, 0.5) is 11.4 Å². The third-order valence-electron chi connectivity index (χ3n) is 2.50. The van der Waals surface area contributed by atoms with Crippen molar-refractivity contribution in [2.75, 3.05) is 0 Å². The highest BCUT2D eigenvalue weighted by Gasteiger charge is 2.04. The molecule has 94 valence electrons. The molecule has 2 N–H and O–H groups in total. The van der Waals surface area contributed by atoms with Crippen LogP contribution in [0.2, 0.25) is 0 Å². The topological polar surface area (TPSA) is 84.9 Å². The van der Waals surface area contributed by atoms with Crippen molar-refractivity contribution in [2.45, 2.75) is 0 Å². The van der Waals surface area contributed by atoms with Crippen LogP contribution in [0.3, 0.4) is 0 Å². The van der Waals surface area contributed by atoms with Crippen LogP contribution in [0.1, 0.15) is 15.9 Å². The number of carbonyl (C=O) groups is 1. The summed E-state index contributed by atoms with van der Waals surface area (Å²) in [6, 6.07) is 13.5. The first-order valence-electron chi connectivity index (χ1n) is 5.57. The van der Waals surface area contributed by atoms with E-state index in [2.05, 4.69) is 10.2 Å². The fourth-order valence-electron chi connectivity index (χ4n) is 1.60. The predicted molar refractivity (Wildman–Crippen MR) is 74.1 cm³/mol. The third-order valence-corrected chi connectivity index (χ3v) is 2.50. The lowest BCUT2D eigenvalue weighted by Crippen LogP contribution is -2.10. The molecule has 2 aromatic rings. The van der Waals surface area contributed by atoms with Crippen molar-refractivity contribution in [2.24, 2.45) is 15.9 Å². The van der Waals surface area contributed by atoms with Crippen molar-refractivity contribution in [3.05, 3.63) is 64.6 Å². The van der Waals surface area contributed by atoms with E-state index in [1.807, 2.05) is 0 Å². The molecule has 0 saturated heterocycles. The number of aliphatic imine (C=N–C) groups is 1. The zero-order valence-corrected chi connectivity index (χ0v) is 9.98. The van der Waals surface area contributed by atoms with Gasteiger partial charge in [-0.05, 0) is 35.0 Å². The molecule has 2 rings (SSSR count). The Hall–Kier alpha value is -2.82. The quantitative estimate of drug-likeness (QED) is 0.671. The van der Waals surface area contributed by atoms with E-state index < -0.39 is 5.91 Å². The minimum atomic E-state index is -0.531. The Morgan fingerprint density at radius 2 is 1.89 bits per heavy atom. The van der Waals surface area contributed by atoms with Gasteiger partial charge in [0.25, 0.3) is 5.91 Å². The largest absolute Gasteiger partial charge is 0.366 e. The molecule has 0 saturated carbocycles. The predicted octanol–water partition coefficient (Wildman–Crippen LogP) is 2.93. The number of hydrogen-bond donors (Lipinski definition) is 1. The molecule has 5 heteroatoms. The molecule has 0 spiro atoms. The standard InChI is InChI=1S/C14H11N3O2/c15-14(18)12-6-1-2-7-13(12)16-9-10-4-3-5-11(8-10)17-19/h1-9H,(H2,15,18)/b16-9+. The normalized spacial score (nSPS) is 10.5. The molecule has 0 bridgehead atoms. The van der Waals surface area contributed by atoms with Gasteiger partial charge in [-0.1, -0.05) is 24.3 Å². The van der Waals surface area contributed by atoms with Crippen LogP contribution in [-0.4, -0.2) is 12.1 Å². The Labute approximate surface area is 109 Å². The summed E-state index contributed by atoms with van der Waals surface area (Å²) >= 11 is 0. The van der Waals surface area contributed by atoms with Crippen LogP contribution in [0.5, 0.6) is 0 Å². The van der Waals surface area contributed by atoms with Gasteiger partial charge >= 0.3 is 0 Å². The lowest BCUT2D eigenvalue weighted by atomic mass is 10.1. The van der Waals surface area contributed by atoms with E-state index in [-0.39, 0.29) is 0 Å². The van der Waals surface area contributed by atoms with E-state index in [1.54, 1.807) is 54.7 Å². The van der Waals surface area contributed by atoms with Gasteiger partial charge in [0.15, 0.2) is 0 Å². The summed E-state index contributed by atoms with van der Waals surface area (Å²) in [5.74, 6) is -0.531. The van der Waals surface area contributed by atoms with E-state index in [0.29, 0.717) is 16.9 Å². The number of para-hydroxylation sites is 1. The second-order valence-electron chi connectivity index (χ2n) is 3.83. The molecule has 1 amide bonds. The van der Waals surface area contributed by atoms with Gasteiger partial charge in [-0.15, -0.1) is 4.91 Å². The minimum Gasteiger partial charge on any atom is -0.366 e. The number of nitrogens with zero attached hydrogens (tertiary/aromatic N) is 2. The highest BCUT2D eigenvalue weighted by atomic mass is 16.3. The van der Waals surface area contributed by atoms with E-state index in [4.69, 9.17) is 5.73 Å². The van der Waals surface area contributed by atoms with Crippen molar-refractivity contribution in [1.29, 1.82) is 0 Å². The number of nitroso groups, excluding NO2 is 1. The molecule has 0 fully saturated rings. The Morgan fingerprint density at radius 1 is 1.11 bits per heavy atom. The minimum absolute atomic E-state index is 0.326. The van der Waals surface area contributed by atoms with Crippen molar-refractivity contribution >= 4 is 23.5 Å². The zero-order chi connectivity index (χ0) is 13.7. The fraction of sp³-hybridized carbons (Fsp3) is 0. The summed E-state index contributed by atoms with van der Waals surface area (Å²) < 4.78 is 0. The van der Waals surface area contributed by atoms with Gasteiger partial charge < -0.3 is 5.73 Å². The summed E-state index contributed by atoms with van der Waals surface area (Å²) in [5, 5.41) is 2.85. The Balaban J connectivity index is 2.32. The molecule has 0 aliphatic rings. The first-order chi connectivity index (χ1) is 9.20. The lowest BCUT2D eigenvalue weighted by Gasteiger charge is -2.00. The number of rotatable bonds is 4. The van der Waals surface area contributed by atoms with Crippen molar-refractivity contribution in [3.8, 4) is 0 Å². The van der Waals surface area contributed by atoms with Crippen LogP contribution in [0, 0.1) is 4.91 Å². The number of primary amides is 1. The summed E-state index contributed by atoms with van der Waals surface area (Å²) in [6.07, 6.45) is 1.55. The summed E-state index contributed by atoms with van der Waals surface area (Å²) in [4.78, 5) is 25.8.